The van der Waals surface area contributed by atoms with E-state index in [4.69, 9.17) is 5.11 Å². The summed E-state index contributed by atoms with van der Waals surface area (Å²) in [5.41, 5.74) is 1.03. The Bertz CT molecular complexity index is 849. The summed E-state index contributed by atoms with van der Waals surface area (Å²) in [6.07, 6.45) is 6.34. The summed E-state index contributed by atoms with van der Waals surface area (Å²) in [5.74, 6) is -0.612. The van der Waals surface area contributed by atoms with Crippen LogP contribution in [-0.4, -0.2) is 52.5 Å². The van der Waals surface area contributed by atoms with Crippen LogP contribution in [-0.2, 0) is 9.59 Å². The first-order valence-corrected chi connectivity index (χ1v) is 9.45. The monoisotopic (exact) mass is 397 g/mol. The summed E-state index contributed by atoms with van der Waals surface area (Å²) in [6, 6.07) is 6.53. The van der Waals surface area contributed by atoms with Gasteiger partial charge in [-0.05, 0) is 37.1 Å². The molecule has 29 heavy (non-hydrogen) atoms. The van der Waals surface area contributed by atoms with Crippen LogP contribution in [0.25, 0.3) is 0 Å². The summed E-state index contributed by atoms with van der Waals surface area (Å²) < 4.78 is 0. The van der Waals surface area contributed by atoms with E-state index in [9.17, 15) is 14.4 Å². The Labute approximate surface area is 168 Å². The van der Waals surface area contributed by atoms with Crippen molar-refractivity contribution in [1.82, 2.24) is 15.3 Å². The van der Waals surface area contributed by atoms with Gasteiger partial charge in [-0.15, -0.1) is 0 Å². The highest BCUT2D eigenvalue weighted by atomic mass is 16.4. The average Bonchev–Trinajstić information content (AvgIpc) is 2.74. The molecule has 1 aromatic heterocycles. The van der Waals surface area contributed by atoms with E-state index in [0.717, 1.165) is 31.7 Å². The number of rotatable bonds is 7. The Morgan fingerprint density at radius 2 is 1.83 bits per heavy atom. The molecule has 3 N–H and O–H groups in total. The molecule has 9 heteroatoms. The predicted molar refractivity (Wildman–Crippen MR) is 107 cm³/mol. The number of carboxylic acids is 1. The Morgan fingerprint density at radius 1 is 1.10 bits per heavy atom. The number of carbonyl (C=O) groups is 3. The number of anilines is 2. The second kappa shape index (κ2) is 9.63. The molecule has 2 heterocycles. The van der Waals surface area contributed by atoms with Gasteiger partial charge in [0.1, 0.15) is 5.82 Å². The zero-order valence-corrected chi connectivity index (χ0v) is 15.9. The summed E-state index contributed by atoms with van der Waals surface area (Å²) >= 11 is 0. The van der Waals surface area contributed by atoms with Crippen LogP contribution >= 0.6 is 0 Å². The number of hydrogen-bond donors (Lipinski definition) is 3. The summed E-state index contributed by atoms with van der Waals surface area (Å²) in [4.78, 5) is 45.5. The molecule has 1 aliphatic heterocycles. The van der Waals surface area contributed by atoms with Crippen molar-refractivity contribution >= 4 is 29.3 Å². The number of amides is 2. The Balaban J connectivity index is 1.47. The molecule has 152 valence electrons. The molecule has 0 unspecified atom stereocenters. The van der Waals surface area contributed by atoms with Crippen molar-refractivity contribution in [2.24, 2.45) is 5.92 Å². The van der Waals surface area contributed by atoms with E-state index >= 15 is 0 Å². The molecule has 1 aliphatic rings. The lowest BCUT2D eigenvalue weighted by Crippen LogP contribution is -2.38. The Hall–Kier alpha value is -3.49. The number of aromatic nitrogens is 2. The van der Waals surface area contributed by atoms with E-state index in [1.165, 1.54) is 0 Å². The molecular weight excluding hydrogens is 374 g/mol. The SMILES string of the molecule is O=C(O)CCNC(=O)c1ccc(NC(=O)C2CCN(c3cnccn3)CC2)cc1. The number of carbonyl (C=O) groups excluding carboxylic acids is 2. The molecule has 0 atom stereocenters. The van der Waals surface area contributed by atoms with Gasteiger partial charge in [0, 0.05) is 49.2 Å². The molecule has 0 aliphatic carbocycles. The lowest BCUT2D eigenvalue weighted by molar-refractivity contribution is -0.136. The van der Waals surface area contributed by atoms with E-state index in [0.29, 0.717) is 11.3 Å². The number of hydrogen-bond acceptors (Lipinski definition) is 6. The van der Waals surface area contributed by atoms with Crippen LogP contribution in [0.2, 0.25) is 0 Å². The van der Waals surface area contributed by atoms with E-state index in [1.807, 2.05) is 0 Å². The topological polar surface area (TPSA) is 125 Å². The smallest absolute Gasteiger partial charge is 0.305 e. The van der Waals surface area contributed by atoms with Gasteiger partial charge in [-0.25, -0.2) is 4.98 Å². The lowest BCUT2D eigenvalue weighted by atomic mass is 9.96. The Morgan fingerprint density at radius 3 is 2.45 bits per heavy atom. The van der Waals surface area contributed by atoms with Gasteiger partial charge >= 0.3 is 5.97 Å². The van der Waals surface area contributed by atoms with Crippen molar-refractivity contribution in [3.63, 3.8) is 0 Å². The van der Waals surface area contributed by atoms with Crippen molar-refractivity contribution in [2.75, 3.05) is 29.9 Å². The average molecular weight is 397 g/mol. The van der Waals surface area contributed by atoms with Crippen LogP contribution in [0, 0.1) is 5.92 Å². The van der Waals surface area contributed by atoms with Gasteiger partial charge in [0.25, 0.3) is 5.91 Å². The van der Waals surface area contributed by atoms with E-state index < -0.39 is 5.97 Å². The van der Waals surface area contributed by atoms with Gasteiger partial charge in [0.05, 0.1) is 12.6 Å². The molecule has 9 nitrogen and oxygen atoms in total. The second-order valence-corrected chi connectivity index (χ2v) is 6.79. The number of benzene rings is 1. The zero-order chi connectivity index (χ0) is 20.6. The highest BCUT2D eigenvalue weighted by molar-refractivity contribution is 5.96. The third-order valence-electron chi connectivity index (χ3n) is 4.78. The van der Waals surface area contributed by atoms with Crippen molar-refractivity contribution in [3.8, 4) is 0 Å². The molecule has 1 aromatic carbocycles. The third kappa shape index (κ3) is 5.74. The van der Waals surface area contributed by atoms with E-state index in [-0.39, 0.29) is 30.7 Å². The molecular formula is C20H23N5O4. The molecule has 0 bridgehead atoms. The summed E-state index contributed by atoms with van der Waals surface area (Å²) in [6.45, 7) is 1.55. The minimum atomic E-state index is -0.967. The normalized spacial score (nSPS) is 14.3. The van der Waals surface area contributed by atoms with Gasteiger partial charge in [-0.2, -0.15) is 0 Å². The number of nitrogens with one attached hydrogen (secondary N) is 2. The number of nitrogens with zero attached hydrogens (tertiary/aromatic N) is 3. The predicted octanol–water partition coefficient (Wildman–Crippen LogP) is 1.54. The van der Waals surface area contributed by atoms with Crippen LogP contribution < -0.4 is 15.5 Å². The molecule has 3 rings (SSSR count). The first kappa shape index (κ1) is 20.2. The Kier molecular flexibility index (Phi) is 6.72. The molecule has 2 aromatic rings. The van der Waals surface area contributed by atoms with Gasteiger partial charge in [0.15, 0.2) is 0 Å². The largest absolute Gasteiger partial charge is 0.481 e. The maximum Gasteiger partial charge on any atom is 0.305 e. The number of piperidine rings is 1. The second-order valence-electron chi connectivity index (χ2n) is 6.79. The van der Waals surface area contributed by atoms with Gasteiger partial charge in [-0.1, -0.05) is 0 Å². The maximum atomic E-state index is 12.5. The van der Waals surface area contributed by atoms with Crippen LogP contribution in [0.1, 0.15) is 29.6 Å². The van der Waals surface area contributed by atoms with Crippen LogP contribution in [0.3, 0.4) is 0 Å². The fraction of sp³-hybridized carbons (Fsp3) is 0.350. The van der Waals surface area contributed by atoms with Crippen molar-refractivity contribution in [1.29, 1.82) is 0 Å². The van der Waals surface area contributed by atoms with Crippen molar-refractivity contribution in [3.05, 3.63) is 48.4 Å². The lowest BCUT2D eigenvalue weighted by Gasteiger charge is -2.31. The highest BCUT2D eigenvalue weighted by Gasteiger charge is 2.25. The van der Waals surface area contributed by atoms with E-state index in [2.05, 4.69) is 25.5 Å². The highest BCUT2D eigenvalue weighted by Crippen LogP contribution is 2.22. The summed E-state index contributed by atoms with van der Waals surface area (Å²) in [5, 5.41) is 14.0. The first-order chi connectivity index (χ1) is 14.0. The van der Waals surface area contributed by atoms with Crippen LogP contribution in [0.15, 0.2) is 42.9 Å². The quantitative estimate of drug-likeness (QED) is 0.647. The van der Waals surface area contributed by atoms with Gasteiger partial charge < -0.3 is 20.6 Å². The van der Waals surface area contributed by atoms with Crippen LogP contribution in [0.4, 0.5) is 11.5 Å². The fourth-order valence-corrected chi connectivity index (χ4v) is 3.16. The summed E-state index contributed by atoms with van der Waals surface area (Å²) in [7, 11) is 0. The minimum absolute atomic E-state index is 0.0394. The molecule has 1 saturated heterocycles. The van der Waals surface area contributed by atoms with Crippen LogP contribution in [0.5, 0.6) is 0 Å². The zero-order valence-electron chi connectivity index (χ0n) is 15.9. The van der Waals surface area contributed by atoms with E-state index in [1.54, 1.807) is 42.9 Å². The maximum absolute atomic E-state index is 12.5. The molecule has 0 saturated carbocycles. The van der Waals surface area contributed by atoms with Gasteiger partial charge in [-0.3, -0.25) is 19.4 Å². The number of carboxylic acid groups (broad SMARTS) is 1. The van der Waals surface area contributed by atoms with Crippen molar-refractivity contribution in [2.45, 2.75) is 19.3 Å². The molecule has 0 radical (unpaired) electrons. The number of aliphatic carboxylic acids is 1. The van der Waals surface area contributed by atoms with Gasteiger partial charge in [0.2, 0.25) is 5.91 Å². The standard InChI is InChI=1S/C20H23N5O4/c26-18(27)5-8-23-19(28)14-1-3-16(4-2-14)24-20(29)15-6-11-25(12-7-15)17-13-21-9-10-22-17/h1-4,9-10,13,15H,5-8,11-12H2,(H,23,28)(H,24,29)(H,26,27). The molecule has 2 amide bonds. The molecule has 1 fully saturated rings. The third-order valence-corrected chi connectivity index (χ3v) is 4.78. The minimum Gasteiger partial charge on any atom is -0.481 e. The van der Waals surface area contributed by atoms with Crippen molar-refractivity contribution < 1.29 is 19.5 Å². The fourth-order valence-electron chi connectivity index (χ4n) is 3.16. The molecule has 0 spiro atoms. The first-order valence-electron chi connectivity index (χ1n) is 9.45.